The van der Waals surface area contributed by atoms with Crippen molar-refractivity contribution < 1.29 is 41.0 Å². The van der Waals surface area contributed by atoms with Gasteiger partial charge in [-0.3, -0.25) is 9.59 Å². The second kappa shape index (κ2) is 13.5. The average Bonchev–Trinajstić information content (AvgIpc) is 3.46. The van der Waals surface area contributed by atoms with Crippen molar-refractivity contribution in [1.82, 2.24) is 10.3 Å². The largest absolute Gasteiger partial charge is 0.481 e. The van der Waals surface area contributed by atoms with Gasteiger partial charge in [-0.1, -0.05) is 37.6 Å². The Morgan fingerprint density at radius 2 is 1.48 bits per heavy atom. The molecule has 1 aromatic heterocycles. The van der Waals surface area contributed by atoms with E-state index in [0.29, 0.717) is 28.5 Å². The molecule has 4 aromatic rings. The summed E-state index contributed by atoms with van der Waals surface area (Å²) in [6, 6.07) is 15.5. The molecule has 0 fully saturated rings. The number of anilines is 2. The van der Waals surface area contributed by atoms with Crippen molar-refractivity contribution in [2.45, 2.75) is 45.1 Å². The number of hydrogen-bond acceptors (Lipinski definition) is 5. The Morgan fingerprint density at radius 1 is 0.886 bits per heavy atom. The number of benzene rings is 3. The molecule has 6 nitrogen and oxygen atoms in total. The number of carboxylic acid groups (broad SMARTS) is 1. The maximum Gasteiger partial charge on any atom is 0.416 e. The Kier molecular flexibility index (Phi) is 9.98. The number of nitrogens with zero attached hydrogens (tertiary/aromatic N) is 2. The van der Waals surface area contributed by atoms with E-state index in [1.54, 1.807) is 29.2 Å². The molecule has 232 valence electrons. The van der Waals surface area contributed by atoms with Gasteiger partial charge in [-0.05, 0) is 60.0 Å². The molecule has 0 atom stereocenters. The van der Waals surface area contributed by atoms with Gasteiger partial charge in [0, 0.05) is 28.7 Å². The Labute approximate surface area is 253 Å². The lowest BCUT2D eigenvalue weighted by Gasteiger charge is -2.23. The monoisotopic (exact) mass is 635 g/mol. The third-order valence-electron chi connectivity index (χ3n) is 6.57. The molecule has 0 saturated heterocycles. The van der Waals surface area contributed by atoms with E-state index in [-0.39, 0.29) is 36.8 Å². The van der Waals surface area contributed by atoms with Gasteiger partial charge in [0.2, 0.25) is 0 Å². The van der Waals surface area contributed by atoms with E-state index >= 15 is 0 Å². The number of carbonyl (C=O) groups is 2. The zero-order chi connectivity index (χ0) is 32.1. The summed E-state index contributed by atoms with van der Waals surface area (Å²) in [5.74, 6) is -1.48. The summed E-state index contributed by atoms with van der Waals surface area (Å²) in [5, 5.41) is 13.0. The molecule has 4 rings (SSSR count). The van der Waals surface area contributed by atoms with Crippen molar-refractivity contribution in [1.29, 1.82) is 0 Å². The number of carbonyl (C=O) groups excluding carboxylic acids is 1. The quantitative estimate of drug-likeness (QED) is 0.162. The van der Waals surface area contributed by atoms with Crippen molar-refractivity contribution in [3.63, 3.8) is 0 Å². The lowest BCUT2D eigenvalue weighted by molar-refractivity contribution is -0.143. The smallest absolute Gasteiger partial charge is 0.416 e. The summed E-state index contributed by atoms with van der Waals surface area (Å²) in [6.45, 7) is 2.24. The van der Waals surface area contributed by atoms with Crippen molar-refractivity contribution in [3.05, 3.63) is 99.9 Å². The van der Waals surface area contributed by atoms with Gasteiger partial charge < -0.3 is 15.3 Å². The molecule has 0 unspecified atom stereocenters. The van der Waals surface area contributed by atoms with E-state index in [2.05, 4.69) is 10.3 Å². The summed E-state index contributed by atoms with van der Waals surface area (Å²) in [5.41, 5.74) is -0.358. The van der Waals surface area contributed by atoms with E-state index in [4.69, 9.17) is 5.11 Å². The van der Waals surface area contributed by atoms with Crippen LogP contribution in [0.4, 0.5) is 37.2 Å². The van der Waals surface area contributed by atoms with Crippen molar-refractivity contribution in [2.75, 3.05) is 11.4 Å². The minimum absolute atomic E-state index is 0.0273. The topological polar surface area (TPSA) is 82.5 Å². The number of aryl methyl sites for hydroxylation is 1. The van der Waals surface area contributed by atoms with Gasteiger partial charge in [0.15, 0.2) is 5.13 Å². The molecular weight excluding hydrogens is 608 g/mol. The van der Waals surface area contributed by atoms with Crippen LogP contribution < -0.4 is 10.2 Å². The Bertz CT molecular complexity index is 1570. The van der Waals surface area contributed by atoms with E-state index < -0.39 is 35.4 Å². The van der Waals surface area contributed by atoms with Gasteiger partial charge in [0.25, 0.3) is 5.91 Å². The molecule has 2 N–H and O–H groups in total. The fourth-order valence-electron chi connectivity index (χ4n) is 4.35. The summed E-state index contributed by atoms with van der Waals surface area (Å²) in [4.78, 5) is 29.3. The number of amides is 1. The van der Waals surface area contributed by atoms with Crippen LogP contribution in [0.2, 0.25) is 0 Å². The highest BCUT2D eigenvalue weighted by molar-refractivity contribution is 7.14. The number of aromatic nitrogens is 1. The molecule has 0 aliphatic heterocycles. The van der Waals surface area contributed by atoms with Gasteiger partial charge in [-0.15, -0.1) is 11.3 Å². The first kappa shape index (κ1) is 32.5. The number of alkyl halides is 6. The highest BCUT2D eigenvalue weighted by Gasteiger charge is 2.37. The van der Waals surface area contributed by atoms with Gasteiger partial charge in [-0.25, -0.2) is 4.98 Å². The van der Waals surface area contributed by atoms with E-state index in [1.807, 2.05) is 31.2 Å². The van der Waals surface area contributed by atoms with Crippen LogP contribution in [-0.2, 0) is 30.1 Å². The third kappa shape index (κ3) is 8.37. The standard InChI is InChI=1S/C31H27F6N3O3S/c1-2-3-19-6-10-25(11-7-19)40(17-20-4-8-21(9-5-20)28(43)38-13-12-27(41)42)29-39-26(18-44-29)22-14-23(30(32,33)34)16-24(15-22)31(35,36)37/h4-11,14-16,18H,2-3,12-13,17H2,1H3,(H,38,43)(H,41,42). The molecule has 0 radical (unpaired) electrons. The number of thiazole rings is 1. The van der Waals surface area contributed by atoms with Crippen LogP contribution in [0.3, 0.4) is 0 Å². The molecule has 3 aromatic carbocycles. The van der Waals surface area contributed by atoms with E-state index in [1.165, 1.54) is 5.38 Å². The predicted octanol–water partition coefficient (Wildman–Crippen LogP) is 8.34. The first-order valence-electron chi connectivity index (χ1n) is 13.5. The SMILES string of the molecule is CCCc1ccc(N(Cc2ccc(C(=O)NCCC(=O)O)cc2)c2nc(-c3cc(C(F)(F)F)cc(C(F)(F)F)c3)cs2)cc1. The lowest BCUT2D eigenvalue weighted by atomic mass is 10.0. The second-order valence-corrected chi connectivity index (χ2v) is 10.7. The van der Waals surface area contributed by atoms with Crippen LogP contribution in [0, 0.1) is 0 Å². The molecule has 0 spiro atoms. The minimum Gasteiger partial charge on any atom is -0.481 e. The van der Waals surface area contributed by atoms with E-state index in [9.17, 15) is 35.9 Å². The fraction of sp³-hybridized carbons (Fsp3) is 0.258. The first-order chi connectivity index (χ1) is 20.7. The Hall–Kier alpha value is -4.39. The molecule has 44 heavy (non-hydrogen) atoms. The minimum atomic E-state index is -4.99. The number of halogens is 6. The number of aliphatic carboxylic acids is 1. The van der Waals surface area contributed by atoms with Crippen LogP contribution in [0.15, 0.2) is 72.1 Å². The van der Waals surface area contributed by atoms with Crippen molar-refractivity contribution in [2.24, 2.45) is 0 Å². The van der Waals surface area contributed by atoms with Crippen LogP contribution in [-0.4, -0.2) is 28.5 Å². The average molecular weight is 636 g/mol. The maximum absolute atomic E-state index is 13.5. The molecule has 0 saturated carbocycles. The van der Waals surface area contributed by atoms with Crippen LogP contribution in [0.1, 0.15) is 52.4 Å². The fourth-order valence-corrected chi connectivity index (χ4v) is 5.21. The van der Waals surface area contributed by atoms with Crippen LogP contribution in [0.5, 0.6) is 0 Å². The van der Waals surface area contributed by atoms with Gasteiger partial charge in [-0.2, -0.15) is 26.3 Å². The van der Waals surface area contributed by atoms with Gasteiger partial charge in [0.1, 0.15) is 0 Å². The first-order valence-corrected chi connectivity index (χ1v) is 14.3. The Balaban J connectivity index is 1.67. The maximum atomic E-state index is 13.5. The summed E-state index contributed by atoms with van der Waals surface area (Å²) in [7, 11) is 0. The number of hydrogen-bond donors (Lipinski definition) is 2. The molecule has 0 bridgehead atoms. The highest BCUT2D eigenvalue weighted by atomic mass is 32.1. The molecule has 0 aliphatic carbocycles. The zero-order valence-corrected chi connectivity index (χ0v) is 24.1. The van der Waals surface area contributed by atoms with E-state index in [0.717, 1.165) is 35.3 Å². The molecule has 0 aliphatic rings. The molecule has 1 heterocycles. The molecule has 13 heteroatoms. The number of nitrogens with one attached hydrogen (secondary N) is 1. The van der Waals surface area contributed by atoms with Crippen LogP contribution >= 0.6 is 11.3 Å². The summed E-state index contributed by atoms with van der Waals surface area (Å²) >= 11 is 1.07. The lowest BCUT2D eigenvalue weighted by Crippen LogP contribution is -2.26. The number of rotatable bonds is 11. The van der Waals surface area contributed by atoms with Crippen LogP contribution in [0.25, 0.3) is 11.3 Å². The number of carboxylic acids is 1. The summed E-state index contributed by atoms with van der Waals surface area (Å²) in [6.07, 6.45) is -8.40. The second-order valence-electron chi connectivity index (χ2n) is 9.91. The Morgan fingerprint density at radius 3 is 2.02 bits per heavy atom. The third-order valence-corrected chi connectivity index (χ3v) is 7.44. The molecule has 1 amide bonds. The summed E-state index contributed by atoms with van der Waals surface area (Å²) < 4.78 is 80.8. The predicted molar refractivity (Wildman–Crippen MR) is 155 cm³/mol. The zero-order valence-electron chi connectivity index (χ0n) is 23.3. The van der Waals surface area contributed by atoms with Gasteiger partial charge >= 0.3 is 18.3 Å². The highest BCUT2D eigenvalue weighted by Crippen LogP contribution is 2.40. The molecular formula is C31H27F6N3O3S. The van der Waals surface area contributed by atoms with Gasteiger partial charge in [0.05, 0.1) is 29.8 Å². The normalized spacial score (nSPS) is 11.8. The van der Waals surface area contributed by atoms with Crippen molar-refractivity contribution in [3.8, 4) is 11.3 Å². The van der Waals surface area contributed by atoms with Crippen molar-refractivity contribution >= 4 is 34.0 Å².